The molecule has 1 aromatic heterocycles. The van der Waals surface area contributed by atoms with Crippen LogP contribution in [0, 0.1) is 11.3 Å². The molecule has 0 spiro atoms. The number of benzene rings is 1. The first-order valence-corrected chi connectivity index (χ1v) is 8.17. The number of nitrogens with one attached hydrogen (secondary N) is 1. The van der Waals surface area contributed by atoms with Crippen LogP contribution in [0.15, 0.2) is 18.3 Å². The summed E-state index contributed by atoms with van der Waals surface area (Å²) in [4.78, 5) is 5.61. The van der Waals surface area contributed by atoms with Gasteiger partial charge in [0.15, 0.2) is 0 Å². The van der Waals surface area contributed by atoms with Crippen LogP contribution in [0.25, 0.3) is 10.9 Å². The van der Waals surface area contributed by atoms with Crippen molar-refractivity contribution in [2.24, 2.45) is 0 Å². The lowest BCUT2D eigenvalue weighted by molar-refractivity contribution is 0.0125. The van der Waals surface area contributed by atoms with Gasteiger partial charge in [0.05, 0.1) is 24.3 Å². The van der Waals surface area contributed by atoms with E-state index in [1.807, 2.05) is 18.3 Å². The third-order valence-electron chi connectivity index (χ3n) is 4.57. The summed E-state index contributed by atoms with van der Waals surface area (Å²) in [7, 11) is 1.67. The highest BCUT2D eigenvalue weighted by molar-refractivity contribution is 5.90. The van der Waals surface area contributed by atoms with E-state index in [2.05, 4.69) is 22.9 Å². The van der Waals surface area contributed by atoms with Gasteiger partial charge in [-0.1, -0.05) is 0 Å². The molecule has 0 saturated carbocycles. The molecule has 5 nitrogen and oxygen atoms in total. The normalized spacial score (nSPS) is 16.6. The molecular weight excluding hydrogens is 290 g/mol. The zero-order chi connectivity index (χ0) is 16.2. The molecule has 2 heterocycles. The zero-order valence-corrected chi connectivity index (χ0v) is 13.8. The van der Waals surface area contributed by atoms with Crippen LogP contribution in [0.5, 0.6) is 5.75 Å². The highest BCUT2D eigenvalue weighted by Crippen LogP contribution is 2.32. The van der Waals surface area contributed by atoms with Crippen LogP contribution >= 0.6 is 0 Å². The second-order valence-corrected chi connectivity index (χ2v) is 5.91. The first-order valence-electron chi connectivity index (χ1n) is 8.17. The van der Waals surface area contributed by atoms with E-state index >= 15 is 0 Å². The molecule has 0 unspecified atom stereocenters. The average molecular weight is 313 g/mol. The molecule has 0 atom stereocenters. The minimum absolute atomic E-state index is 0.395. The number of nitrogens with zero attached hydrogens (tertiary/aromatic N) is 2. The maximum atomic E-state index is 9.32. The lowest BCUT2D eigenvalue weighted by Gasteiger charge is -2.32. The minimum atomic E-state index is 0.395. The Bertz CT molecular complexity index is 709. The van der Waals surface area contributed by atoms with Gasteiger partial charge in [0.2, 0.25) is 0 Å². The Morgan fingerprint density at radius 3 is 2.83 bits per heavy atom. The number of H-pyrrole nitrogens is 1. The molecule has 0 radical (unpaired) electrons. The molecule has 1 fully saturated rings. The van der Waals surface area contributed by atoms with Crippen molar-refractivity contribution < 1.29 is 9.47 Å². The standard InChI is InChI=1S/C18H23N3O2/c1-3-23-14-5-8-21(9-6-14)12-16-15-4-7-20-18(15)13(11-19)10-17(16)22-2/h4,7,10,14,20H,3,5-6,8-9,12H2,1-2H3. The number of hydrogen-bond donors (Lipinski definition) is 1. The largest absolute Gasteiger partial charge is 0.496 e. The van der Waals surface area contributed by atoms with E-state index in [4.69, 9.17) is 9.47 Å². The molecule has 0 bridgehead atoms. The molecule has 3 rings (SSSR count). The number of aromatic amines is 1. The van der Waals surface area contributed by atoms with Crippen LogP contribution in [-0.2, 0) is 11.3 Å². The van der Waals surface area contributed by atoms with Crippen molar-refractivity contribution in [3.63, 3.8) is 0 Å². The van der Waals surface area contributed by atoms with Crippen LogP contribution in [0.4, 0.5) is 0 Å². The van der Waals surface area contributed by atoms with Gasteiger partial charge in [0.1, 0.15) is 11.8 Å². The van der Waals surface area contributed by atoms with Gasteiger partial charge in [-0.3, -0.25) is 4.90 Å². The van der Waals surface area contributed by atoms with E-state index in [1.54, 1.807) is 7.11 Å². The van der Waals surface area contributed by atoms with Crippen LogP contribution in [0.3, 0.4) is 0 Å². The lowest BCUT2D eigenvalue weighted by atomic mass is 10.0. The molecule has 5 heteroatoms. The molecule has 2 aromatic rings. The molecular formula is C18H23N3O2. The fourth-order valence-electron chi connectivity index (χ4n) is 3.39. The average Bonchev–Trinajstić information content (AvgIpc) is 3.07. The summed E-state index contributed by atoms with van der Waals surface area (Å²) < 4.78 is 11.3. The topological polar surface area (TPSA) is 61.3 Å². The highest BCUT2D eigenvalue weighted by atomic mass is 16.5. The Balaban J connectivity index is 1.83. The van der Waals surface area contributed by atoms with E-state index < -0.39 is 0 Å². The molecule has 1 saturated heterocycles. The molecule has 1 N–H and O–H groups in total. The Kier molecular flexibility index (Phi) is 4.85. The van der Waals surface area contributed by atoms with Crippen molar-refractivity contribution in [1.82, 2.24) is 9.88 Å². The minimum Gasteiger partial charge on any atom is -0.496 e. The molecule has 1 aromatic carbocycles. The predicted molar refractivity (Wildman–Crippen MR) is 89.5 cm³/mol. The summed E-state index contributed by atoms with van der Waals surface area (Å²) in [5, 5.41) is 10.4. The van der Waals surface area contributed by atoms with Crippen molar-refractivity contribution in [3.05, 3.63) is 29.5 Å². The summed E-state index contributed by atoms with van der Waals surface area (Å²) >= 11 is 0. The Labute approximate surface area is 136 Å². The third-order valence-corrected chi connectivity index (χ3v) is 4.57. The molecule has 0 aliphatic carbocycles. The fourth-order valence-corrected chi connectivity index (χ4v) is 3.39. The quantitative estimate of drug-likeness (QED) is 0.921. The second-order valence-electron chi connectivity index (χ2n) is 5.91. The summed E-state index contributed by atoms with van der Waals surface area (Å²) in [5.41, 5.74) is 2.67. The monoisotopic (exact) mass is 313 g/mol. The van der Waals surface area contributed by atoms with Gasteiger partial charge >= 0.3 is 0 Å². The highest BCUT2D eigenvalue weighted by Gasteiger charge is 2.22. The molecule has 0 amide bonds. The summed E-state index contributed by atoms with van der Waals surface area (Å²) in [5.74, 6) is 0.792. The maximum Gasteiger partial charge on any atom is 0.125 e. The molecule has 122 valence electrons. The predicted octanol–water partition coefficient (Wildman–Crippen LogP) is 3.05. The third kappa shape index (κ3) is 3.19. The number of hydrogen-bond acceptors (Lipinski definition) is 4. The summed E-state index contributed by atoms with van der Waals surface area (Å²) in [6, 6.07) is 6.10. The maximum absolute atomic E-state index is 9.32. The van der Waals surface area contributed by atoms with Crippen molar-refractivity contribution in [2.45, 2.75) is 32.4 Å². The van der Waals surface area contributed by atoms with Gasteiger partial charge in [-0.2, -0.15) is 5.26 Å². The van der Waals surface area contributed by atoms with E-state index in [0.717, 1.165) is 61.3 Å². The number of piperidine rings is 1. The van der Waals surface area contributed by atoms with Gasteiger partial charge in [0, 0.05) is 49.5 Å². The van der Waals surface area contributed by atoms with Gasteiger partial charge < -0.3 is 14.5 Å². The van der Waals surface area contributed by atoms with Crippen molar-refractivity contribution in [1.29, 1.82) is 5.26 Å². The smallest absolute Gasteiger partial charge is 0.125 e. The number of methoxy groups -OCH3 is 1. The first-order chi connectivity index (χ1) is 11.3. The van der Waals surface area contributed by atoms with Crippen molar-refractivity contribution in [2.75, 3.05) is 26.8 Å². The van der Waals surface area contributed by atoms with Gasteiger partial charge in [-0.15, -0.1) is 0 Å². The van der Waals surface area contributed by atoms with E-state index in [1.165, 1.54) is 0 Å². The number of nitriles is 1. The number of rotatable bonds is 5. The van der Waals surface area contributed by atoms with E-state index in [-0.39, 0.29) is 0 Å². The van der Waals surface area contributed by atoms with Gasteiger partial charge in [-0.25, -0.2) is 0 Å². The Morgan fingerprint density at radius 2 is 2.17 bits per heavy atom. The molecule has 23 heavy (non-hydrogen) atoms. The molecule has 1 aliphatic heterocycles. The van der Waals surface area contributed by atoms with Gasteiger partial charge in [-0.05, 0) is 25.8 Å². The van der Waals surface area contributed by atoms with Crippen molar-refractivity contribution >= 4 is 10.9 Å². The zero-order valence-electron chi connectivity index (χ0n) is 13.8. The fraction of sp³-hybridized carbons (Fsp3) is 0.500. The van der Waals surface area contributed by atoms with Crippen LogP contribution in [0.2, 0.25) is 0 Å². The van der Waals surface area contributed by atoms with Crippen molar-refractivity contribution in [3.8, 4) is 11.8 Å². The number of aromatic nitrogens is 1. The van der Waals surface area contributed by atoms with E-state index in [9.17, 15) is 5.26 Å². The number of fused-ring (bicyclic) bond motifs is 1. The second kappa shape index (κ2) is 7.03. The Morgan fingerprint density at radius 1 is 1.39 bits per heavy atom. The lowest BCUT2D eigenvalue weighted by Crippen LogP contribution is -2.36. The summed E-state index contributed by atoms with van der Waals surface area (Å²) in [6.45, 7) is 5.73. The first kappa shape index (κ1) is 15.9. The number of likely N-dealkylation sites (tertiary alicyclic amines) is 1. The Hall–Kier alpha value is -2.03. The van der Waals surface area contributed by atoms with E-state index in [0.29, 0.717) is 11.7 Å². The van der Waals surface area contributed by atoms with Gasteiger partial charge in [0.25, 0.3) is 0 Å². The van der Waals surface area contributed by atoms with Crippen LogP contribution < -0.4 is 4.74 Å². The number of ether oxygens (including phenoxy) is 2. The summed E-state index contributed by atoms with van der Waals surface area (Å²) in [6.07, 6.45) is 4.42. The SMILES string of the molecule is CCOC1CCN(Cc2c(OC)cc(C#N)c3[nH]ccc23)CC1. The van der Waals surface area contributed by atoms with Crippen LogP contribution in [-0.4, -0.2) is 42.8 Å². The molecule has 1 aliphatic rings. The van der Waals surface area contributed by atoms with Crippen LogP contribution in [0.1, 0.15) is 30.9 Å².